The first-order valence-corrected chi connectivity index (χ1v) is 16.7. The number of aliphatic hydroxyl groups is 1. The molecular weight excluding hydrogens is 520 g/mol. The Kier molecular flexibility index (Phi) is 6.97. The molecule has 2 N–H and O–H groups in total. The minimum absolute atomic E-state index is 0.0683. The highest BCUT2D eigenvalue weighted by Crippen LogP contribution is 2.72. The Hall–Kier alpha value is -1.30. The highest BCUT2D eigenvalue weighted by Gasteiger charge is 2.67. The van der Waals surface area contributed by atoms with Crippen molar-refractivity contribution in [1.29, 1.82) is 0 Å². The van der Waals surface area contributed by atoms with Gasteiger partial charge in [-0.25, -0.2) is 8.78 Å². The average Bonchev–Trinajstić information content (AvgIpc) is 3.21. The largest absolute Gasteiger partial charge is 0.393 e. The van der Waals surface area contributed by atoms with Crippen LogP contribution in [0.1, 0.15) is 125 Å². The molecule has 0 heterocycles. The number of alkyl halides is 2. The molecule has 3 unspecified atom stereocenters. The van der Waals surface area contributed by atoms with Crippen molar-refractivity contribution in [2.45, 2.75) is 143 Å². The maximum absolute atomic E-state index is 14.2. The van der Waals surface area contributed by atoms with Crippen molar-refractivity contribution in [3.8, 4) is 0 Å². The number of amides is 1. The number of carbonyl (C=O) groups excluding carboxylic acids is 2. The summed E-state index contributed by atoms with van der Waals surface area (Å²) in [5.74, 6) is -0.751. The van der Waals surface area contributed by atoms with Crippen LogP contribution in [0.5, 0.6) is 0 Å². The van der Waals surface area contributed by atoms with E-state index in [9.17, 15) is 23.5 Å². The van der Waals surface area contributed by atoms with Crippen LogP contribution >= 0.6 is 0 Å². The van der Waals surface area contributed by atoms with Crippen LogP contribution in [0.3, 0.4) is 0 Å². The number of nitrogens with one attached hydrogen (secondary N) is 1. The number of fused-ring (bicyclic) bond motifs is 7. The third-order valence-electron chi connectivity index (χ3n) is 14.1. The molecule has 6 rings (SSSR count). The van der Waals surface area contributed by atoms with Gasteiger partial charge in [0.2, 0.25) is 11.8 Å². The Balaban J connectivity index is 1.33. The number of hydrogen-bond acceptors (Lipinski definition) is 3. The predicted molar refractivity (Wildman–Crippen MR) is 156 cm³/mol. The van der Waals surface area contributed by atoms with E-state index in [1.807, 2.05) is 0 Å². The molecule has 0 aromatic carbocycles. The zero-order chi connectivity index (χ0) is 29.8. The van der Waals surface area contributed by atoms with Gasteiger partial charge in [-0.15, -0.1) is 0 Å². The second-order valence-electron chi connectivity index (χ2n) is 16.6. The number of halogens is 2. The molecule has 0 bridgehead atoms. The first kappa shape index (κ1) is 29.8. The van der Waals surface area contributed by atoms with Crippen LogP contribution in [0.15, 0.2) is 11.1 Å². The summed E-state index contributed by atoms with van der Waals surface area (Å²) < 4.78 is 27.7. The lowest BCUT2D eigenvalue weighted by molar-refractivity contribution is -0.203. The van der Waals surface area contributed by atoms with Crippen LogP contribution in [0, 0.1) is 51.2 Å². The van der Waals surface area contributed by atoms with Crippen molar-refractivity contribution in [2.75, 3.05) is 0 Å². The highest BCUT2D eigenvalue weighted by atomic mass is 19.3. The van der Waals surface area contributed by atoms with Crippen LogP contribution in [0.2, 0.25) is 0 Å². The second kappa shape index (κ2) is 9.60. The summed E-state index contributed by atoms with van der Waals surface area (Å²) in [5.41, 5.74) is 1.48. The lowest BCUT2D eigenvalue weighted by Gasteiger charge is -2.68. The molecule has 0 aromatic heterocycles. The molecule has 6 aliphatic carbocycles. The molecule has 1 amide bonds. The molecule has 0 spiro atoms. The molecule has 5 fully saturated rings. The van der Waals surface area contributed by atoms with E-state index >= 15 is 0 Å². The van der Waals surface area contributed by atoms with Crippen LogP contribution < -0.4 is 5.32 Å². The molecule has 6 aliphatic rings. The first-order valence-electron chi connectivity index (χ1n) is 16.7. The Morgan fingerprint density at radius 3 is 2.17 bits per heavy atom. The Bertz CT molecular complexity index is 1130. The summed E-state index contributed by atoms with van der Waals surface area (Å²) in [7, 11) is 0. The lowest BCUT2D eigenvalue weighted by atomic mass is 9.36. The normalized spacial score (nSPS) is 45.5. The van der Waals surface area contributed by atoms with Gasteiger partial charge < -0.3 is 10.4 Å². The Morgan fingerprint density at radius 1 is 0.854 bits per heavy atom. The van der Waals surface area contributed by atoms with Gasteiger partial charge in [0.15, 0.2) is 5.78 Å². The van der Waals surface area contributed by atoms with Crippen LogP contribution in [-0.4, -0.2) is 34.9 Å². The van der Waals surface area contributed by atoms with E-state index in [4.69, 9.17) is 0 Å². The summed E-state index contributed by atoms with van der Waals surface area (Å²) in [6.07, 6.45) is 8.22. The molecule has 41 heavy (non-hydrogen) atoms. The van der Waals surface area contributed by atoms with E-state index in [1.54, 1.807) is 0 Å². The summed E-state index contributed by atoms with van der Waals surface area (Å²) in [6, 6.07) is -0.234. The maximum atomic E-state index is 14.2. The van der Waals surface area contributed by atoms with Crippen molar-refractivity contribution in [3.05, 3.63) is 11.1 Å². The fourth-order valence-corrected chi connectivity index (χ4v) is 12.1. The van der Waals surface area contributed by atoms with Crippen molar-refractivity contribution < 1.29 is 23.5 Å². The summed E-state index contributed by atoms with van der Waals surface area (Å²) in [5, 5.41) is 14.2. The topological polar surface area (TPSA) is 66.4 Å². The van der Waals surface area contributed by atoms with Gasteiger partial charge in [0, 0.05) is 25.3 Å². The fourth-order valence-electron chi connectivity index (χ4n) is 12.1. The molecule has 0 aliphatic heterocycles. The minimum Gasteiger partial charge on any atom is -0.393 e. The van der Waals surface area contributed by atoms with Crippen LogP contribution in [0.4, 0.5) is 8.78 Å². The minimum atomic E-state index is -2.63. The van der Waals surface area contributed by atoms with E-state index in [0.717, 1.165) is 56.1 Å². The maximum Gasteiger partial charge on any atom is 0.248 e. The van der Waals surface area contributed by atoms with Crippen molar-refractivity contribution in [1.82, 2.24) is 5.32 Å². The summed E-state index contributed by atoms with van der Waals surface area (Å²) in [6.45, 7) is 13.8. The predicted octanol–water partition coefficient (Wildman–Crippen LogP) is 7.63. The third kappa shape index (κ3) is 4.25. The van der Waals surface area contributed by atoms with E-state index in [2.05, 4.69) is 46.9 Å². The van der Waals surface area contributed by atoms with Gasteiger partial charge in [-0.05, 0) is 121 Å². The SMILES string of the molecule is CC(C)C1=C2[C@H]3CCC4[C@@](C)(CCC5C(C)(C)[C@@H](O)CC[C@@]54C)C3CC[C@@]2(C(=O)NC2CCC(F)(F)CC2)CC1=O. The standard InChI is InChI=1S/C35H53F2NO3/c1-20(2)28-24(39)19-34(30(41)38-21-9-17-35(36,37)18-10-21)16-11-23-22(29(28)34)7-8-26-32(23,5)14-12-25-31(3,4)27(40)13-15-33(25,26)6/h20-23,25-27,40H,7-19H2,1-6H3,(H,38,41)/t22-,23?,25?,26?,27-,32-,33-,34+/m0/s1. The highest BCUT2D eigenvalue weighted by molar-refractivity contribution is 6.06. The average molecular weight is 574 g/mol. The smallest absolute Gasteiger partial charge is 0.248 e. The second-order valence-corrected chi connectivity index (χ2v) is 16.6. The quantitative estimate of drug-likeness (QED) is 0.365. The number of hydrogen-bond donors (Lipinski definition) is 2. The fraction of sp³-hybridized carbons (Fsp3) is 0.886. The van der Waals surface area contributed by atoms with E-state index in [0.29, 0.717) is 37.0 Å². The van der Waals surface area contributed by atoms with Crippen LogP contribution in [-0.2, 0) is 9.59 Å². The molecule has 0 radical (unpaired) electrons. The van der Waals surface area contributed by atoms with Crippen LogP contribution in [0.25, 0.3) is 0 Å². The van der Waals surface area contributed by atoms with Gasteiger partial charge in [-0.1, -0.05) is 41.5 Å². The van der Waals surface area contributed by atoms with Gasteiger partial charge >= 0.3 is 0 Å². The molecule has 8 atom stereocenters. The zero-order valence-corrected chi connectivity index (χ0v) is 26.3. The van der Waals surface area contributed by atoms with Crippen molar-refractivity contribution in [3.63, 3.8) is 0 Å². The first-order chi connectivity index (χ1) is 19.1. The number of rotatable bonds is 3. The van der Waals surface area contributed by atoms with Crippen molar-refractivity contribution in [2.24, 2.45) is 51.2 Å². The molecule has 5 saturated carbocycles. The summed E-state index contributed by atoms with van der Waals surface area (Å²) in [4.78, 5) is 27.9. The van der Waals surface area contributed by atoms with E-state index < -0.39 is 11.3 Å². The number of carbonyl (C=O) groups is 2. The van der Waals surface area contributed by atoms with E-state index in [-0.39, 0.29) is 71.2 Å². The van der Waals surface area contributed by atoms with Gasteiger partial charge in [0.25, 0.3) is 0 Å². The van der Waals surface area contributed by atoms with Crippen molar-refractivity contribution >= 4 is 11.7 Å². The Labute approximate surface area is 245 Å². The van der Waals surface area contributed by atoms with Gasteiger partial charge in [-0.2, -0.15) is 0 Å². The molecule has 230 valence electrons. The summed E-state index contributed by atoms with van der Waals surface area (Å²) >= 11 is 0. The van der Waals surface area contributed by atoms with E-state index in [1.165, 1.54) is 0 Å². The van der Waals surface area contributed by atoms with Gasteiger partial charge in [-0.3, -0.25) is 9.59 Å². The van der Waals surface area contributed by atoms with Gasteiger partial charge in [0.05, 0.1) is 11.5 Å². The molecular formula is C35H53F2NO3. The number of aliphatic hydroxyl groups excluding tert-OH is 1. The molecule has 0 aromatic rings. The monoisotopic (exact) mass is 573 g/mol. The third-order valence-corrected chi connectivity index (χ3v) is 14.1. The lowest BCUT2D eigenvalue weighted by Crippen LogP contribution is -2.63. The molecule has 6 heteroatoms. The Morgan fingerprint density at radius 2 is 1.51 bits per heavy atom. The molecule has 4 nitrogen and oxygen atoms in total. The number of Topliss-reactive ketones (excluding diaryl/α,β-unsaturated/α-hetero) is 1. The molecule has 0 saturated heterocycles. The number of allylic oxidation sites excluding steroid dienone is 1. The number of ketones is 1. The zero-order valence-electron chi connectivity index (χ0n) is 26.3. The van der Waals surface area contributed by atoms with Gasteiger partial charge in [0.1, 0.15) is 0 Å².